The average molecular weight is 485 g/mol. The molecule has 33 heavy (non-hydrogen) atoms. The minimum Gasteiger partial charge on any atom is -0.493 e. The summed E-state index contributed by atoms with van der Waals surface area (Å²) in [6.45, 7) is -0.514. The van der Waals surface area contributed by atoms with Gasteiger partial charge in [-0.1, -0.05) is 0 Å². The quantitative estimate of drug-likeness (QED) is 0.444. The first-order valence-corrected chi connectivity index (χ1v) is 10.5. The Morgan fingerprint density at radius 2 is 1.97 bits per heavy atom. The van der Waals surface area contributed by atoms with E-state index in [-0.39, 0.29) is 40.9 Å². The minimum absolute atomic E-state index is 0.0193. The standard InChI is InChI=1S/C21H19F4N3O4S/c1-4-17-26-13(11-33-17)19(29)28(12-9-15(31-2)18(22)16(10-12)32-3)14-5-7-27(20(14)30)8-6-21(23,24)25/h1,9-11,14H,5-8H2,2-3H3. The molecular formula is C21H19F4N3O4S. The first-order valence-electron chi connectivity index (χ1n) is 9.62. The predicted octanol–water partition coefficient (Wildman–Crippen LogP) is 3.48. The van der Waals surface area contributed by atoms with E-state index in [2.05, 4.69) is 10.9 Å². The van der Waals surface area contributed by atoms with E-state index in [0.717, 1.165) is 21.1 Å². The molecule has 0 bridgehead atoms. The molecule has 0 aliphatic carbocycles. The lowest BCUT2D eigenvalue weighted by Crippen LogP contribution is -2.46. The van der Waals surface area contributed by atoms with Gasteiger partial charge in [0.15, 0.2) is 16.5 Å². The van der Waals surface area contributed by atoms with Crippen LogP contribution >= 0.6 is 11.3 Å². The zero-order valence-corrected chi connectivity index (χ0v) is 18.4. The van der Waals surface area contributed by atoms with Crippen LogP contribution in [0.3, 0.4) is 0 Å². The van der Waals surface area contributed by atoms with E-state index in [1.807, 2.05) is 0 Å². The zero-order valence-electron chi connectivity index (χ0n) is 17.6. The summed E-state index contributed by atoms with van der Waals surface area (Å²) in [6.07, 6.45) is -0.219. The molecule has 1 aromatic heterocycles. The third kappa shape index (κ3) is 5.19. The second-order valence-electron chi connectivity index (χ2n) is 7.02. The predicted molar refractivity (Wildman–Crippen MR) is 112 cm³/mol. The topological polar surface area (TPSA) is 72.0 Å². The van der Waals surface area contributed by atoms with Crippen LogP contribution in [0.25, 0.3) is 0 Å². The van der Waals surface area contributed by atoms with Crippen molar-refractivity contribution in [2.75, 3.05) is 32.2 Å². The number of anilines is 1. The molecule has 2 heterocycles. The Morgan fingerprint density at radius 1 is 1.33 bits per heavy atom. The van der Waals surface area contributed by atoms with Gasteiger partial charge in [-0.2, -0.15) is 17.6 Å². The van der Waals surface area contributed by atoms with E-state index in [1.54, 1.807) is 0 Å². The fourth-order valence-corrected chi connectivity index (χ4v) is 4.04. The summed E-state index contributed by atoms with van der Waals surface area (Å²) < 4.78 is 62.5. The third-order valence-corrected chi connectivity index (χ3v) is 5.79. The number of nitrogens with zero attached hydrogens (tertiary/aromatic N) is 3. The first-order chi connectivity index (χ1) is 15.6. The largest absolute Gasteiger partial charge is 0.493 e. The smallest absolute Gasteiger partial charge is 0.390 e. The molecule has 0 saturated carbocycles. The molecular weight excluding hydrogens is 466 g/mol. The molecule has 1 aromatic carbocycles. The van der Waals surface area contributed by atoms with Crippen molar-refractivity contribution in [3.05, 3.63) is 34.0 Å². The lowest BCUT2D eigenvalue weighted by Gasteiger charge is -2.28. The van der Waals surface area contributed by atoms with Crippen LogP contribution in [-0.4, -0.2) is 61.2 Å². The third-order valence-electron chi connectivity index (χ3n) is 5.02. The van der Waals surface area contributed by atoms with Crippen molar-refractivity contribution in [1.29, 1.82) is 0 Å². The molecule has 0 N–H and O–H groups in total. The van der Waals surface area contributed by atoms with Crippen molar-refractivity contribution in [2.24, 2.45) is 0 Å². The molecule has 0 radical (unpaired) electrons. The SMILES string of the molecule is C#Cc1nc(C(=O)N(c2cc(OC)c(F)c(OC)c2)C2CCN(CCC(F)(F)F)C2=O)cs1. The summed E-state index contributed by atoms with van der Waals surface area (Å²) in [5.74, 6) is -0.389. The molecule has 1 aliphatic rings. The van der Waals surface area contributed by atoms with E-state index in [9.17, 15) is 27.2 Å². The van der Waals surface area contributed by atoms with Crippen LogP contribution in [0.4, 0.5) is 23.2 Å². The molecule has 2 amide bonds. The summed E-state index contributed by atoms with van der Waals surface area (Å²) in [6, 6.07) is 1.27. The van der Waals surface area contributed by atoms with Crippen molar-refractivity contribution < 1.29 is 36.6 Å². The highest BCUT2D eigenvalue weighted by atomic mass is 32.1. The van der Waals surface area contributed by atoms with Gasteiger partial charge in [0.1, 0.15) is 11.7 Å². The molecule has 3 rings (SSSR count). The van der Waals surface area contributed by atoms with Gasteiger partial charge in [0, 0.05) is 30.6 Å². The maximum absolute atomic E-state index is 14.4. The zero-order chi connectivity index (χ0) is 24.3. The molecule has 1 fully saturated rings. The molecule has 1 saturated heterocycles. The number of halogens is 4. The monoisotopic (exact) mass is 485 g/mol. The van der Waals surface area contributed by atoms with Crippen LogP contribution < -0.4 is 14.4 Å². The van der Waals surface area contributed by atoms with Crippen molar-refractivity contribution >= 4 is 28.8 Å². The van der Waals surface area contributed by atoms with Gasteiger partial charge >= 0.3 is 6.18 Å². The van der Waals surface area contributed by atoms with Gasteiger partial charge < -0.3 is 14.4 Å². The van der Waals surface area contributed by atoms with Gasteiger partial charge in [-0.25, -0.2) is 4.98 Å². The molecule has 2 aromatic rings. The summed E-state index contributed by atoms with van der Waals surface area (Å²) >= 11 is 1.04. The number of benzene rings is 1. The molecule has 12 heteroatoms. The molecule has 1 unspecified atom stereocenters. The number of aromatic nitrogens is 1. The second-order valence-corrected chi connectivity index (χ2v) is 7.87. The number of hydrogen-bond acceptors (Lipinski definition) is 6. The number of carbonyl (C=O) groups excluding carboxylic acids is 2. The van der Waals surface area contributed by atoms with Gasteiger partial charge in [-0.05, 0) is 12.3 Å². The van der Waals surface area contributed by atoms with Gasteiger partial charge in [0.25, 0.3) is 5.91 Å². The number of alkyl halides is 3. The van der Waals surface area contributed by atoms with Crippen LogP contribution in [0.15, 0.2) is 17.5 Å². The van der Waals surface area contributed by atoms with Crippen LogP contribution in [0.1, 0.15) is 28.3 Å². The number of terminal acetylenes is 1. The van der Waals surface area contributed by atoms with E-state index in [4.69, 9.17) is 15.9 Å². The van der Waals surface area contributed by atoms with Crippen molar-refractivity contribution in [1.82, 2.24) is 9.88 Å². The number of thiazole rings is 1. The van der Waals surface area contributed by atoms with Crippen LogP contribution in [-0.2, 0) is 4.79 Å². The highest BCUT2D eigenvalue weighted by Gasteiger charge is 2.41. The lowest BCUT2D eigenvalue weighted by atomic mass is 10.1. The van der Waals surface area contributed by atoms with E-state index in [1.165, 1.54) is 31.7 Å². The van der Waals surface area contributed by atoms with Crippen LogP contribution in [0, 0.1) is 18.2 Å². The molecule has 7 nitrogen and oxygen atoms in total. The Labute approximate surface area is 190 Å². The maximum atomic E-state index is 14.4. The number of carbonyl (C=O) groups is 2. The normalized spacial score (nSPS) is 16.0. The second kappa shape index (κ2) is 9.66. The highest BCUT2D eigenvalue weighted by molar-refractivity contribution is 7.10. The van der Waals surface area contributed by atoms with Crippen LogP contribution in [0.5, 0.6) is 11.5 Å². The Hall–Kier alpha value is -3.33. The maximum Gasteiger partial charge on any atom is 0.390 e. The average Bonchev–Trinajstić information content (AvgIpc) is 3.40. The van der Waals surface area contributed by atoms with Crippen molar-refractivity contribution in [3.63, 3.8) is 0 Å². The fraction of sp³-hybridized carbons (Fsp3) is 0.381. The molecule has 1 aliphatic heterocycles. The number of rotatable bonds is 7. The summed E-state index contributed by atoms with van der Waals surface area (Å²) in [7, 11) is 2.43. The van der Waals surface area contributed by atoms with Gasteiger partial charge in [-0.3, -0.25) is 14.5 Å². The van der Waals surface area contributed by atoms with Crippen molar-refractivity contribution in [2.45, 2.75) is 25.1 Å². The molecule has 1 atom stereocenters. The number of amides is 2. The van der Waals surface area contributed by atoms with Gasteiger partial charge in [0.2, 0.25) is 11.7 Å². The van der Waals surface area contributed by atoms with Gasteiger partial charge in [-0.15, -0.1) is 17.8 Å². The van der Waals surface area contributed by atoms with Crippen molar-refractivity contribution in [3.8, 4) is 23.8 Å². The number of likely N-dealkylation sites (tertiary alicyclic amines) is 1. The lowest BCUT2D eigenvalue weighted by molar-refractivity contribution is -0.143. The van der Waals surface area contributed by atoms with E-state index in [0.29, 0.717) is 0 Å². The minimum atomic E-state index is -4.43. The fourth-order valence-electron chi connectivity index (χ4n) is 3.44. The molecule has 176 valence electrons. The Bertz CT molecular complexity index is 1070. The first kappa shape index (κ1) is 24.3. The summed E-state index contributed by atoms with van der Waals surface area (Å²) in [5, 5.41) is 1.64. The number of hydrogen-bond donors (Lipinski definition) is 0. The Morgan fingerprint density at radius 3 is 2.48 bits per heavy atom. The number of ether oxygens (including phenoxy) is 2. The van der Waals surface area contributed by atoms with Crippen LogP contribution in [0.2, 0.25) is 0 Å². The highest BCUT2D eigenvalue weighted by Crippen LogP contribution is 2.36. The summed E-state index contributed by atoms with van der Waals surface area (Å²) in [4.78, 5) is 32.5. The van der Waals surface area contributed by atoms with E-state index < -0.39 is 42.8 Å². The van der Waals surface area contributed by atoms with Gasteiger partial charge in [0.05, 0.1) is 26.3 Å². The Balaban J connectivity index is 2.03. The summed E-state index contributed by atoms with van der Waals surface area (Å²) in [5.41, 5.74) is -0.00173. The Kier molecular flexibility index (Phi) is 7.12. The molecule has 0 spiro atoms. The van der Waals surface area contributed by atoms with E-state index >= 15 is 0 Å². The number of methoxy groups -OCH3 is 2.